The number of aryl methyl sites for hydroxylation is 1. The molecule has 25 heavy (non-hydrogen) atoms. The van der Waals surface area contributed by atoms with Crippen LogP contribution in [0.25, 0.3) is 0 Å². The summed E-state index contributed by atoms with van der Waals surface area (Å²) in [7, 11) is 0. The minimum absolute atomic E-state index is 0.116. The van der Waals surface area contributed by atoms with Crippen LogP contribution in [-0.2, 0) is 11.2 Å². The Labute approximate surface area is 156 Å². The molecule has 6 nitrogen and oxygen atoms in total. The molecule has 0 spiro atoms. The zero-order valence-electron chi connectivity index (χ0n) is 12.9. The lowest BCUT2D eigenvalue weighted by Crippen LogP contribution is -2.13. The molecule has 0 bridgehead atoms. The Morgan fingerprint density at radius 1 is 1.08 bits per heavy atom. The van der Waals surface area contributed by atoms with Crippen molar-refractivity contribution >= 4 is 56.4 Å². The van der Waals surface area contributed by atoms with E-state index in [1.54, 1.807) is 35.8 Å². The van der Waals surface area contributed by atoms with Crippen LogP contribution in [0, 0.1) is 0 Å². The van der Waals surface area contributed by atoms with Crippen LogP contribution in [-0.4, -0.2) is 21.8 Å². The Hall–Kier alpha value is -2.29. The van der Waals surface area contributed by atoms with Gasteiger partial charge in [-0.25, -0.2) is 9.97 Å². The van der Waals surface area contributed by atoms with Crippen molar-refractivity contribution in [2.75, 3.05) is 10.6 Å². The van der Waals surface area contributed by atoms with Crippen LogP contribution >= 0.6 is 34.3 Å². The Morgan fingerprint density at radius 2 is 1.88 bits per heavy atom. The smallest absolute Gasteiger partial charge is 0.257 e. The van der Waals surface area contributed by atoms with Gasteiger partial charge >= 0.3 is 0 Å². The van der Waals surface area contributed by atoms with Crippen molar-refractivity contribution in [1.82, 2.24) is 9.97 Å². The van der Waals surface area contributed by atoms with E-state index in [0.717, 1.165) is 5.69 Å². The van der Waals surface area contributed by atoms with Gasteiger partial charge in [-0.05, 0) is 30.7 Å². The molecule has 0 unspecified atom stereocenters. The summed E-state index contributed by atoms with van der Waals surface area (Å²) in [6.07, 6.45) is 2.43. The highest BCUT2D eigenvalue weighted by molar-refractivity contribution is 7.14. The zero-order valence-corrected chi connectivity index (χ0v) is 15.2. The van der Waals surface area contributed by atoms with Gasteiger partial charge in [-0.3, -0.25) is 14.9 Å². The van der Waals surface area contributed by atoms with Gasteiger partial charge in [-0.15, -0.1) is 22.7 Å². The first-order valence-electron chi connectivity index (χ1n) is 7.31. The molecular weight excluding hydrogens is 380 g/mol. The van der Waals surface area contributed by atoms with Crippen molar-refractivity contribution in [3.63, 3.8) is 0 Å². The molecule has 0 aliphatic rings. The summed E-state index contributed by atoms with van der Waals surface area (Å²) in [5, 5.41) is 10.7. The fraction of sp³-hybridized carbons (Fsp3) is 0.125. The van der Waals surface area contributed by atoms with Gasteiger partial charge in [0.05, 0.1) is 5.69 Å². The van der Waals surface area contributed by atoms with Crippen LogP contribution in [0.2, 0.25) is 5.02 Å². The average molecular weight is 393 g/mol. The number of carbonyl (C=O) groups is 2. The molecule has 0 atom stereocenters. The summed E-state index contributed by atoms with van der Waals surface area (Å²) in [4.78, 5) is 32.3. The lowest BCUT2D eigenvalue weighted by atomic mass is 10.2. The van der Waals surface area contributed by atoms with E-state index in [-0.39, 0.29) is 11.8 Å². The van der Waals surface area contributed by atoms with Crippen molar-refractivity contribution in [3.8, 4) is 0 Å². The lowest BCUT2D eigenvalue weighted by Gasteiger charge is -2.02. The van der Waals surface area contributed by atoms with Crippen molar-refractivity contribution in [2.45, 2.75) is 12.8 Å². The maximum Gasteiger partial charge on any atom is 0.257 e. The number of hydrogen-bond donors (Lipinski definition) is 2. The molecule has 3 aromatic rings. The van der Waals surface area contributed by atoms with Crippen LogP contribution in [0.3, 0.4) is 0 Å². The van der Waals surface area contributed by atoms with E-state index in [1.165, 1.54) is 22.7 Å². The van der Waals surface area contributed by atoms with Gasteiger partial charge in [-0.2, -0.15) is 0 Å². The summed E-state index contributed by atoms with van der Waals surface area (Å²) in [5.41, 5.74) is 1.26. The maximum atomic E-state index is 12.1. The number of nitrogens with one attached hydrogen (secondary N) is 2. The third-order valence-electron chi connectivity index (χ3n) is 3.17. The second-order valence-corrected chi connectivity index (χ2v) is 7.18. The van der Waals surface area contributed by atoms with Crippen molar-refractivity contribution in [1.29, 1.82) is 0 Å². The SMILES string of the molecule is O=C(CCc1csc(NC(=O)c2ccc(Cl)cc2)n1)Nc1nccs1. The number of halogens is 1. The summed E-state index contributed by atoms with van der Waals surface area (Å²) in [6.45, 7) is 0. The van der Waals surface area contributed by atoms with Gasteiger partial charge in [0, 0.05) is 34.0 Å². The third kappa shape index (κ3) is 5.09. The largest absolute Gasteiger partial charge is 0.302 e. The molecule has 0 saturated heterocycles. The number of nitrogens with zero attached hydrogens (tertiary/aromatic N) is 2. The molecule has 1 aromatic carbocycles. The summed E-state index contributed by atoms with van der Waals surface area (Å²) in [6, 6.07) is 6.61. The second kappa shape index (κ2) is 8.19. The summed E-state index contributed by atoms with van der Waals surface area (Å²) < 4.78 is 0. The average Bonchev–Trinajstić information content (AvgIpc) is 3.25. The van der Waals surface area contributed by atoms with E-state index in [0.29, 0.717) is 33.7 Å². The zero-order chi connectivity index (χ0) is 17.6. The number of anilines is 2. The fourth-order valence-electron chi connectivity index (χ4n) is 1.96. The normalized spacial score (nSPS) is 10.4. The van der Waals surface area contributed by atoms with Crippen molar-refractivity contribution in [2.24, 2.45) is 0 Å². The van der Waals surface area contributed by atoms with Crippen molar-refractivity contribution < 1.29 is 9.59 Å². The van der Waals surface area contributed by atoms with Crippen LogP contribution in [0.15, 0.2) is 41.2 Å². The number of rotatable bonds is 6. The van der Waals surface area contributed by atoms with Crippen LogP contribution in [0.1, 0.15) is 22.5 Å². The molecule has 2 aromatic heterocycles. The number of thiazole rings is 2. The molecule has 0 aliphatic heterocycles. The van der Waals surface area contributed by atoms with Crippen LogP contribution in [0.4, 0.5) is 10.3 Å². The molecule has 2 N–H and O–H groups in total. The van der Waals surface area contributed by atoms with Gasteiger partial charge < -0.3 is 5.32 Å². The first-order chi connectivity index (χ1) is 12.1. The van der Waals surface area contributed by atoms with Crippen LogP contribution in [0.5, 0.6) is 0 Å². The number of benzene rings is 1. The van der Waals surface area contributed by atoms with E-state index in [1.807, 2.05) is 5.38 Å². The summed E-state index contributed by atoms with van der Waals surface area (Å²) in [5.74, 6) is -0.367. The van der Waals surface area contributed by atoms with E-state index in [9.17, 15) is 9.59 Å². The molecule has 0 aliphatic carbocycles. The Balaban J connectivity index is 1.51. The molecule has 3 rings (SSSR count). The summed E-state index contributed by atoms with van der Waals surface area (Å²) >= 11 is 8.50. The van der Waals surface area contributed by atoms with Gasteiger partial charge in [-0.1, -0.05) is 11.6 Å². The molecule has 2 amide bonds. The quantitative estimate of drug-likeness (QED) is 0.662. The van der Waals surface area contributed by atoms with Gasteiger partial charge in [0.15, 0.2) is 10.3 Å². The van der Waals surface area contributed by atoms with E-state index in [2.05, 4.69) is 20.6 Å². The molecule has 0 saturated carbocycles. The Bertz CT molecular complexity index is 863. The molecule has 128 valence electrons. The Morgan fingerprint density at radius 3 is 2.60 bits per heavy atom. The van der Waals surface area contributed by atoms with Gasteiger partial charge in [0.25, 0.3) is 5.91 Å². The molecule has 9 heteroatoms. The molecule has 2 heterocycles. The minimum Gasteiger partial charge on any atom is -0.302 e. The fourth-order valence-corrected chi connectivity index (χ4v) is 3.37. The molecule has 0 fully saturated rings. The maximum absolute atomic E-state index is 12.1. The first kappa shape index (κ1) is 17.5. The van der Waals surface area contributed by atoms with Crippen LogP contribution < -0.4 is 10.6 Å². The number of carbonyl (C=O) groups excluding carboxylic acids is 2. The number of aromatic nitrogens is 2. The highest BCUT2D eigenvalue weighted by atomic mass is 35.5. The molecule has 0 radical (unpaired) electrons. The lowest BCUT2D eigenvalue weighted by molar-refractivity contribution is -0.116. The van der Waals surface area contributed by atoms with E-state index < -0.39 is 0 Å². The number of amides is 2. The highest BCUT2D eigenvalue weighted by Crippen LogP contribution is 2.19. The first-order valence-corrected chi connectivity index (χ1v) is 9.44. The van der Waals surface area contributed by atoms with Crippen molar-refractivity contribution in [3.05, 3.63) is 57.5 Å². The third-order valence-corrected chi connectivity index (χ3v) is 4.91. The van der Waals surface area contributed by atoms with E-state index >= 15 is 0 Å². The minimum atomic E-state index is -0.251. The predicted molar refractivity (Wildman–Crippen MR) is 101 cm³/mol. The van der Waals surface area contributed by atoms with E-state index in [4.69, 9.17) is 11.6 Å². The highest BCUT2D eigenvalue weighted by Gasteiger charge is 2.10. The van der Waals surface area contributed by atoms with Gasteiger partial charge in [0.2, 0.25) is 5.91 Å². The predicted octanol–water partition coefficient (Wildman–Crippen LogP) is 4.08. The van der Waals surface area contributed by atoms with Gasteiger partial charge in [0.1, 0.15) is 0 Å². The second-order valence-electron chi connectivity index (χ2n) is 4.99. The molecular formula is C16H13ClN4O2S2. The Kier molecular flexibility index (Phi) is 5.75. The topological polar surface area (TPSA) is 84.0 Å². The number of hydrogen-bond acceptors (Lipinski definition) is 6. The monoisotopic (exact) mass is 392 g/mol. The standard InChI is InChI=1S/C16H13ClN4O2S2/c17-11-3-1-10(2-4-11)14(23)21-16-19-12(9-25-16)5-6-13(22)20-15-18-7-8-24-15/h1-4,7-9H,5-6H2,(H,18,20,22)(H,19,21,23).